The zero-order chi connectivity index (χ0) is 19.8. The molecule has 1 aromatic carbocycles. The van der Waals surface area contributed by atoms with Crippen LogP contribution < -0.4 is 15.4 Å². The lowest BCUT2D eigenvalue weighted by Crippen LogP contribution is -2.57. The second-order valence-corrected chi connectivity index (χ2v) is 8.29. The summed E-state index contributed by atoms with van der Waals surface area (Å²) in [5, 5.41) is 5.71. The van der Waals surface area contributed by atoms with E-state index < -0.39 is 24.4 Å². The number of ether oxygens (including phenoxy) is 1. The van der Waals surface area contributed by atoms with E-state index >= 15 is 0 Å². The molecule has 0 bridgehead atoms. The zero-order valence-corrected chi connectivity index (χ0v) is 16.1. The number of furan rings is 1. The average Bonchev–Trinajstić information content (AvgIpc) is 2.89. The number of rotatable bonds is 4. The molecule has 0 aliphatic carbocycles. The van der Waals surface area contributed by atoms with Gasteiger partial charge in [0.05, 0.1) is 24.8 Å². The Kier molecular flexibility index (Phi) is 5.16. The van der Waals surface area contributed by atoms with E-state index in [0.29, 0.717) is 35.6 Å². The summed E-state index contributed by atoms with van der Waals surface area (Å²) in [6, 6.07) is 4.04. The van der Waals surface area contributed by atoms with E-state index in [9.17, 15) is 13.6 Å². The van der Waals surface area contributed by atoms with Gasteiger partial charge in [-0.1, -0.05) is 20.8 Å². The van der Waals surface area contributed by atoms with Crippen LogP contribution in [-0.2, 0) is 0 Å². The topological polar surface area (TPSA) is 63.5 Å². The summed E-state index contributed by atoms with van der Waals surface area (Å²) >= 11 is 0. The maximum atomic E-state index is 14.0. The Hall–Kier alpha value is -2.15. The number of carbonyl (C=O) groups excluding carboxylic acids is 1. The Labute approximate surface area is 157 Å². The Bertz CT molecular complexity index is 840. The van der Waals surface area contributed by atoms with Crippen LogP contribution in [0.3, 0.4) is 0 Å². The monoisotopic (exact) mass is 380 g/mol. The maximum absolute atomic E-state index is 14.0. The van der Waals surface area contributed by atoms with Crippen LogP contribution in [0.2, 0.25) is 0 Å². The van der Waals surface area contributed by atoms with Crippen molar-refractivity contribution in [1.29, 1.82) is 0 Å². The SMILES string of the molecule is Cc1oc2ccc(OCC(C)(C)C)cc2c1C(=O)NC1CCNCC1(F)F. The summed E-state index contributed by atoms with van der Waals surface area (Å²) in [5.41, 5.74) is 0.792. The molecular formula is C20H26F2N2O3. The molecule has 5 nitrogen and oxygen atoms in total. The number of alkyl halides is 2. The van der Waals surface area contributed by atoms with Crippen molar-refractivity contribution in [1.82, 2.24) is 10.6 Å². The van der Waals surface area contributed by atoms with Crippen molar-refractivity contribution in [2.24, 2.45) is 5.41 Å². The molecule has 7 heteroatoms. The van der Waals surface area contributed by atoms with Gasteiger partial charge in [-0.05, 0) is 43.5 Å². The van der Waals surface area contributed by atoms with Gasteiger partial charge in [0.2, 0.25) is 0 Å². The number of aryl methyl sites for hydroxylation is 1. The molecule has 148 valence electrons. The third-order valence-corrected chi connectivity index (χ3v) is 4.52. The Morgan fingerprint density at radius 3 is 2.81 bits per heavy atom. The van der Waals surface area contributed by atoms with Crippen LogP contribution >= 0.6 is 0 Å². The van der Waals surface area contributed by atoms with Gasteiger partial charge in [0.25, 0.3) is 11.8 Å². The van der Waals surface area contributed by atoms with E-state index in [1.165, 1.54) is 0 Å². The highest BCUT2D eigenvalue weighted by atomic mass is 19.3. The second-order valence-electron chi connectivity index (χ2n) is 8.29. The third-order valence-electron chi connectivity index (χ3n) is 4.52. The summed E-state index contributed by atoms with van der Waals surface area (Å²) < 4.78 is 39.5. The fourth-order valence-electron chi connectivity index (χ4n) is 3.11. The predicted molar refractivity (Wildman–Crippen MR) is 99.6 cm³/mol. The molecule has 3 rings (SSSR count). The Morgan fingerprint density at radius 1 is 1.41 bits per heavy atom. The summed E-state index contributed by atoms with van der Waals surface area (Å²) in [6.07, 6.45) is 0.174. The summed E-state index contributed by atoms with van der Waals surface area (Å²) in [4.78, 5) is 12.8. The number of halogens is 2. The number of hydrogen-bond acceptors (Lipinski definition) is 4. The van der Waals surface area contributed by atoms with Crippen LogP contribution in [0.15, 0.2) is 22.6 Å². The number of nitrogens with one attached hydrogen (secondary N) is 2. The lowest BCUT2D eigenvalue weighted by Gasteiger charge is -2.32. The molecule has 0 saturated carbocycles. The molecule has 1 aliphatic heterocycles. The van der Waals surface area contributed by atoms with Crippen LogP contribution in [0.5, 0.6) is 5.75 Å². The molecule has 0 spiro atoms. The second kappa shape index (κ2) is 7.11. The van der Waals surface area contributed by atoms with Gasteiger partial charge in [0.15, 0.2) is 0 Å². The third kappa shape index (κ3) is 4.40. The normalized spacial score (nSPS) is 19.9. The minimum atomic E-state index is -2.98. The van der Waals surface area contributed by atoms with Gasteiger partial charge in [-0.2, -0.15) is 0 Å². The van der Waals surface area contributed by atoms with Crippen molar-refractivity contribution in [2.45, 2.75) is 46.1 Å². The Morgan fingerprint density at radius 2 is 2.15 bits per heavy atom. The van der Waals surface area contributed by atoms with Crippen molar-refractivity contribution >= 4 is 16.9 Å². The molecule has 2 heterocycles. The van der Waals surface area contributed by atoms with Gasteiger partial charge in [-0.3, -0.25) is 4.79 Å². The first kappa shape index (κ1) is 19.6. The number of amides is 1. The fourth-order valence-corrected chi connectivity index (χ4v) is 3.11. The molecule has 1 atom stereocenters. The van der Waals surface area contributed by atoms with Crippen LogP contribution in [-0.4, -0.2) is 37.6 Å². The average molecular weight is 380 g/mol. The molecular weight excluding hydrogens is 354 g/mol. The quantitative estimate of drug-likeness (QED) is 0.845. The first-order valence-electron chi connectivity index (χ1n) is 9.12. The van der Waals surface area contributed by atoms with E-state index in [1.54, 1.807) is 25.1 Å². The molecule has 1 fully saturated rings. The molecule has 1 aliphatic rings. The first-order chi connectivity index (χ1) is 12.6. The molecule has 1 aromatic heterocycles. The highest BCUT2D eigenvalue weighted by Gasteiger charge is 2.42. The van der Waals surface area contributed by atoms with Gasteiger partial charge >= 0.3 is 0 Å². The molecule has 1 amide bonds. The van der Waals surface area contributed by atoms with E-state index in [4.69, 9.17) is 9.15 Å². The Balaban J connectivity index is 1.86. The predicted octanol–water partition coefficient (Wildman–Crippen LogP) is 3.89. The van der Waals surface area contributed by atoms with Crippen LogP contribution in [0.25, 0.3) is 11.0 Å². The molecule has 2 N–H and O–H groups in total. The summed E-state index contributed by atoms with van der Waals surface area (Å²) in [5.74, 6) is -2.53. The number of benzene rings is 1. The van der Waals surface area contributed by atoms with Gasteiger partial charge in [-0.15, -0.1) is 0 Å². The van der Waals surface area contributed by atoms with Gasteiger partial charge < -0.3 is 19.8 Å². The van der Waals surface area contributed by atoms with Gasteiger partial charge in [0.1, 0.15) is 17.1 Å². The van der Waals surface area contributed by atoms with Crippen molar-refractivity contribution in [2.75, 3.05) is 19.7 Å². The highest BCUT2D eigenvalue weighted by Crippen LogP contribution is 2.31. The van der Waals surface area contributed by atoms with E-state index in [2.05, 4.69) is 31.4 Å². The van der Waals surface area contributed by atoms with E-state index in [-0.39, 0.29) is 17.4 Å². The highest BCUT2D eigenvalue weighted by molar-refractivity contribution is 6.07. The lowest BCUT2D eigenvalue weighted by atomic mass is 9.99. The van der Waals surface area contributed by atoms with Gasteiger partial charge in [0, 0.05) is 5.39 Å². The van der Waals surface area contributed by atoms with Crippen LogP contribution in [0, 0.1) is 12.3 Å². The van der Waals surface area contributed by atoms with E-state index in [0.717, 1.165) is 0 Å². The smallest absolute Gasteiger partial charge is 0.280 e. The summed E-state index contributed by atoms with van der Waals surface area (Å²) in [6.45, 7) is 8.36. The van der Waals surface area contributed by atoms with Crippen molar-refractivity contribution < 1.29 is 22.7 Å². The largest absolute Gasteiger partial charge is 0.493 e. The van der Waals surface area contributed by atoms with Crippen LogP contribution in [0.4, 0.5) is 8.78 Å². The first-order valence-corrected chi connectivity index (χ1v) is 9.12. The molecule has 2 aromatic rings. The van der Waals surface area contributed by atoms with Crippen molar-refractivity contribution in [3.05, 3.63) is 29.5 Å². The molecule has 1 unspecified atom stereocenters. The summed E-state index contributed by atoms with van der Waals surface area (Å²) in [7, 11) is 0. The minimum Gasteiger partial charge on any atom is -0.493 e. The minimum absolute atomic E-state index is 0.0118. The molecule has 27 heavy (non-hydrogen) atoms. The molecule has 1 saturated heterocycles. The lowest BCUT2D eigenvalue weighted by molar-refractivity contribution is -0.0487. The van der Waals surface area contributed by atoms with Crippen LogP contribution in [0.1, 0.15) is 43.3 Å². The number of carbonyl (C=O) groups is 1. The zero-order valence-electron chi connectivity index (χ0n) is 16.1. The standard InChI is InChI=1S/C20H26F2N2O3/c1-12-17(18(25)24-16-7-8-23-10-20(16,21)22)14-9-13(5-6-15(14)27-12)26-11-19(2,3)4/h5-6,9,16,23H,7-8,10-11H2,1-4H3,(H,24,25). The fraction of sp³-hybridized carbons (Fsp3) is 0.550. The van der Waals surface area contributed by atoms with E-state index in [1.807, 2.05) is 0 Å². The van der Waals surface area contributed by atoms with Crippen molar-refractivity contribution in [3.8, 4) is 5.75 Å². The maximum Gasteiger partial charge on any atom is 0.280 e. The number of fused-ring (bicyclic) bond motifs is 1. The molecule has 0 radical (unpaired) electrons. The number of hydrogen-bond donors (Lipinski definition) is 2. The van der Waals surface area contributed by atoms with Gasteiger partial charge in [-0.25, -0.2) is 8.78 Å². The van der Waals surface area contributed by atoms with Crippen molar-refractivity contribution in [3.63, 3.8) is 0 Å². The number of piperidine rings is 1.